The van der Waals surface area contributed by atoms with Crippen molar-refractivity contribution >= 4 is 11.6 Å². The Balaban J connectivity index is 1.88. The molecule has 0 amide bonds. The fourth-order valence-corrected chi connectivity index (χ4v) is 2.48. The molecule has 0 aromatic heterocycles. The average molecular weight is 271 g/mol. The van der Waals surface area contributed by atoms with E-state index in [0.29, 0.717) is 12.5 Å². The van der Waals surface area contributed by atoms with Gasteiger partial charge in [0.05, 0.1) is 20.3 Å². The van der Waals surface area contributed by atoms with Crippen LogP contribution in [-0.4, -0.2) is 32.8 Å². The van der Waals surface area contributed by atoms with E-state index in [1.807, 2.05) is 24.3 Å². The number of ether oxygens (including phenoxy) is 3. The number of benzene rings is 1. The van der Waals surface area contributed by atoms with E-state index in [0.717, 1.165) is 37.6 Å². The summed E-state index contributed by atoms with van der Waals surface area (Å²) in [5.74, 6) is 2.17. The quantitative estimate of drug-likeness (QED) is 0.744. The molecule has 1 saturated heterocycles. The maximum atomic E-state index is 6.04. The Morgan fingerprint density at radius 1 is 1.33 bits per heavy atom. The highest BCUT2D eigenvalue weighted by molar-refractivity contribution is 6.18. The molecule has 0 spiro atoms. The van der Waals surface area contributed by atoms with Gasteiger partial charge in [0.25, 0.3) is 0 Å². The van der Waals surface area contributed by atoms with Crippen molar-refractivity contribution in [3.63, 3.8) is 0 Å². The SMILES string of the molecule is COc1ccccc1OCCC1(CCl)CCOC1. The van der Waals surface area contributed by atoms with Crippen LogP contribution in [0.15, 0.2) is 24.3 Å². The van der Waals surface area contributed by atoms with Crippen molar-refractivity contribution in [1.82, 2.24) is 0 Å². The van der Waals surface area contributed by atoms with E-state index < -0.39 is 0 Å². The van der Waals surface area contributed by atoms with Crippen molar-refractivity contribution in [2.75, 3.05) is 32.8 Å². The molecule has 0 radical (unpaired) electrons. The number of hydrogen-bond donors (Lipinski definition) is 0. The molecule has 4 heteroatoms. The molecule has 0 N–H and O–H groups in total. The molecule has 18 heavy (non-hydrogen) atoms. The van der Waals surface area contributed by atoms with E-state index in [1.54, 1.807) is 7.11 Å². The smallest absolute Gasteiger partial charge is 0.161 e. The molecule has 1 unspecified atom stereocenters. The van der Waals surface area contributed by atoms with Crippen LogP contribution in [0.4, 0.5) is 0 Å². The third-order valence-electron chi connectivity index (χ3n) is 3.43. The topological polar surface area (TPSA) is 27.7 Å². The molecule has 3 nitrogen and oxygen atoms in total. The molecular weight excluding hydrogens is 252 g/mol. The van der Waals surface area contributed by atoms with E-state index in [-0.39, 0.29) is 5.41 Å². The second-order valence-corrected chi connectivity index (χ2v) is 4.95. The van der Waals surface area contributed by atoms with Gasteiger partial charge in [-0.05, 0) is 25.0 Å². The summed E-state index contributed by atoms with van der Waals surface area (Å²) in [5, 5.41) is 0. The van der Waals surface area contributed by atoms with Crippen molar-refractivity contribution in [1.29, 1.82) is 0 Å². The van der Waals surface area contributed by atoms with Gasteiger partial charge in [-0.1, -0.05) is 12.1 Å². The van der Waals surface area contributed by atoms with E-state index >= 15 is 0 Å². The first-order valence-corrected chi connectivity index (χ1v) is 6.73. The minimum atomic E-state index is 0.0869. The second kappa shape index (κ2) is 6.30. The standard InChI is InChI=1S/C14H19ClO3/c1-16-12-4-2-3-5-13(12)18-9-7-14(10-15)6-8-17-11-14/h2-5H,6-11H2,1H3. The van der Waals surface area contributed by atoms with Gasteiger partial charge in [-0.15, -0.1) is 11.6 Å². The van der Waals surface area contributed by atoms with Gasteiger partial charge < -0.3 is 14.2 Å². The second-order valence-electron chi connectivity index (χ2n) is 4.69. The van der Waals surface area contributed by atoms with Crippen LogP contribution in [0, 0.1) is 5.41 Å². The van der Waals surface area contributed by atoms with Crippen LogP contribution in [0.3, 0.4) is 0 Å². The summed E-state index contributed by atoms with van der Waals surface area (Å²) >= 11 is 6.04. The van der Waals surface area contributed by atoms with Crippen LogP contribution >= 0.6 is 11.6 Å². The zero-order valence-corrected chi connectivity index (χ0v) is 11.4. The lowest BCUT2D eigenvalue weighted by Crippen LogP contribution is -2.25. The molecule has 0 saturated carbocycles. The van der Waals surface area contributed by atoms with Crippen LogP contribution in [0.1, 0.15) is 12.8 Å². The Hall–Kier alpha value is -0.930. The molecule has 1 fully saturated rings. The lowest BCUT2D eigenvalue weighted by atomic mass is 9.86. The first-order chi connectivity index (χ1) is 8.79. The van der Waals surface area contributed by atoms with E-state index in [4.69, 9.17) is 25.8 Å². The third kappa shape index (κ3) is 3.09. The van der Waals surface area contributed by atoms with Gasteiger partial charge in [0, 0.05) is 17.9 Å². The molecule has 1 aliphatic rings. The fraction of sp³-hybridized carbons (Fsp3) is 0.571. The molecular formula is C14H19ClO3. The van der Waals surface area contributed by atoms with Gasteiger partial charge in [0.15, 0.2) is 11.5 Å². The van der Waals surface area contributed by atoms with E-state index in [2.05, 4.69) is 0 Å². The lowest BCUT2D eigenvalue weighted by Gasteiger charge is -2.24. The molecule has 1 aliphatic heterocycles. The van der Waals surface area contributed by atoms with Crippen molar-refractivity contribution in [2.24, 2.45) is 5.41 Å². The molecule has 0 aliphatic carbocycles. The molecule has 2 rings (SSSR count). The molecule has 1 aromatic rings. The Morgan fingerprint density at radius 3 is 2.72 bits per heavy atom. The van der Waals surface area contributed by atoms with Crippen molar-refractivity contribution in [3.05, 3.63) is 24.3 Å². The van der Waals surface area contributed by atoms with Gasteiger partial charge in [-0.25, -0.2) is 0 Å². The van der Waals surface area contributed by atoms with Gasteiger partial charge in [0.2, 0.25) is 0 Å². The summed E-state index contributed by atoms with van der Waals surface area (Å²) in [6.45, 7) is 2.18. The van der Waals surface area contributed by atoms with E-state index in [9.17, 15) is 0 Å². The van der Waals surface area contributed by atoms with Crippen molar-refractivity contribution < 1.29 is 14.2 Å². The Morgan fingerprint density at radius 2 is 2.11 bits per heavy atom. The van der Waals surface area contributed by atoms with Crippen LogP contribution in [0.5, 0.6) is 11.5 Å². The van der Waals surface area contributed by atoms with Crippen LogP contribution in [0.25, 0.3) is 0 Å². The van der Waals surface area contributed by atoms with Crippen molar-refractivity contribution in [2.45, 2.75) is 12.8 Å². The summed E-state index contributed by atoms with van der Waals surface area (Å²) in [6.07, 6.45) is 1.93. The predicted molar refractivity (Wildman–Crippen MR) is 71.7 cm³/mol. The summed E-state index contributed by atoms with van der Waals surface area (Å²) in [6, 6.07) is 7.67. The number of rotatable bonds is 6. The number of alkyl halides is 1. The molecule has 1 aromatic carbocycles. The summed E-state index contributed by atoms with van der Waals surface area (Å²) in [5.41, 5.74) is 0.0869. The Kier molecular flexibility index (Phi) is 4.72. The summed E-state index contributed by atoms with van der Waals surface area (Å²) < 4.78 is 16.5. The molecule has 1 atom stereocenters. The average Bonchev–Trinajstić information content (AvgIpc) is 2.89. The normalized spacial score (nSPS) is 23.0. The monoisotopic (exact) mass is 270 g/mol. The molecule has 0 bridgehead atoms. The van der Waals surface area contributed by atoms with Gasteiger partial charge in [-0.2, -0.15) is 0 Å². The van der Waals surface area contributed by atoms with Crippen LogP contribution in [0.2, 0.25) is 0 Å². The highest BCUT2D eigenvalue weighted by Crippen LogP contribution is 2.34. The lowest BCUT2D eigenvalue weighted by molar-refractivity contribution is 0.142. The predicted octanol–water partition coefficient (Wildman–Crippen LogP) is 3.11. The summed E-state index contributed by atoms with van der Waals surface area (Å²) in [4.78, 5) is 0. The maximum absolute atomic E-state index is 6.04. The van der Waals surface area contributed by atoms with E-state index in [1.165, 1.54) is 0 Å². The first-order valence-electron chi connectivity index (χ1n) is 6.19. The van der Waals surface area contributed by atoms with Crippen LogP contribution in [-0.2, 0) is 4.74 Å². The Bertz CT molecular complexity index is 375. The first kappa shape index (κ1) is 13.5. The number of methoxy groups -OCH3 is 1. The third-order valence-corrected chi connectivity index (χ3v) is 3.99. The summed E-state index contributed by atoms with van der Waals surface area (Å²) in [7, 11) is 1.65. The highest BCUT2D eigenvalue weighted by Gasteiger charge is 2.33. The number of hydrogen-bond acceptors (Lipinski definition) is 3. The minimum absolute atomic E-state index is 0.0869. The minimum Gasteiger partial charge on any atom is -0.493 e. The van der Waals surface area contributed by atoms with Gasteiger partial charge in [-0.3, -0.25) is 0 Å². The number of para-hydroxylation sites is 2. The molecule has 1 heterocycles. The molecule has 100 valence electrons. The van der Waals surface area contributed by atoms with Crippen molar-refractivity contribution in [3.8, 4) is 11.5 Å². The fourth-order valence-electron chi connectivity index (χ4n) is 2.13. The van der Waals surface area contributed by atoms with Crippen LogP contribution < -0.4 is 9.47 Å². The number of halogens is 1. The highest BCUT2D eigenvalue weighted by atomic mass is 35.5. The zero-order chi connectivity index (χ0) is 12.8. The van der Waals surface area contributed by atoms with Gasteiger partial charge >= 0.3 is 0 Å². The maximum Gasteiger partial charge on any atom is 0.161 e. The zero-order valence-electron chi connectivity index (χ0n) is 10.7. The Labute approximate surface area is 113 Å². The largest absolute Gasteiger partial charge is 0.493 e. The van der Waals surface area contributed by atoms with Gasteiger partial charge in [0.1, 0.15) is 0 Å².